The summed E-state index contributed by atoms with van der Waals surface area (Å²) in [6, 6.07) is 7.91. The van der Waals surface area contributed by atoms with E-state index in [0.717, 1.165) is 0 Å². The minimum atomic E-state index is -0.970. The highest BCUT2D eigenvalue weighted by Gasteiger charge is 2.27. The van der Waals surface area contributed by atoms with Crippen LogP contribution in [0.4, 0.5) is 0 Å². The van der Waals surface area contributed by atoms with Crippen molar-refractivity contribution in [2.45, 2.75) is 6.04 Å². The Morgan fingerprint density at radius 2 is 2.00 bits per heavy atom. The van der Waals surface area contributed by atoms with E-state index in [2.05, 4.69) is 10.3 Å². The number of aliphatic hydroxyl groups excluding tert-OH is 1. The molecule has 0 unspecified atom stereocenters. The van der Waals surface area contributed by atoms with Crippen molar-refractivity contribution >= 4 is 22.7 Å². The Balaban J connectivity index is 1.77. The molecular weight excluding hydrogens is 310 g/mol. The quantitative estimate of drug-likeness (QED) is 0.835. The van der Waals surface area contributed by atoms with Gasteiger partial charge in [-0.3, -0.25) is 14.6 Å². The summed E-state index contributed by atoms with van der Waals surface area (Å²) < 4.78 is 5.21. The number of amides is 2. The highest BCUT2D eigenvalue weighted by atomic mass is 16.5. The molecule has 2 N–H and O–H groups in total. The molecule has 1 aliphatic heterocycles. The molecule has 0 radical (unpaired) electrons. The first kappa shape index (κ1) is 16.4. The molecule has 1 aliphatic rings. The molecule has 0 aliphatic carbocycles. The maximum absolute atomic E-state index is 12.6. The molecule has 1 atom stereocenters. The van der Waals surface area contributed by atoms with Gasteiger partial charge in [-0.15, -0.1) is 0 Å². The minimum absolute atomic E-state index is 0.299. The summed E-state index contributed by atoms with van der Waals surface area (Å²) >= 11 is 0. The SMILES string of the molecule is O=C(N[C@@H](CO)C(=O)N1CCOCC1)c1ccnc2ccccc12. The molecule has 24 heavy (non-hydrogen) atoms. The number of carbonyl (C=O) groups excluding carboxylic acids is 2. The summed E-state index contributed by atoms with van der Waals surface area (Å²) in [7, 11) is 0. The monoisotopic (exact) mass is 329 g/mol. The van der Waals surface area contributed by atoms with Gasteiger partial charge >= 0.3 is 0 Å². The molecule has 3 rings (SSSR count). The van der Waals surface area contributed by atoms with Gasteiger partial charge < -0.3 is 20.1 Å². The van der Waals surface area contributed by atoms with Crippen molar-refractivity contribution in [3.05, 3.63) is 42.1 Å². The van der Waals surface area contributed by atoms with Crippen molar-refractivity contribution < 1.29 is 19.4 Å². The van der Waals surface area contributed by atoms with Gasteiger partial charge in [0, 0.05) is 24.7 Å². The number of pyridine rings is 1. The van der Waals surface area contributed by atoms with Crippen molar-refractivity contribution in [3.63, 3.8) is 0 Å². The van der Waals surface area contributed by atoms with Crippen LogP contribution in [-0.2, 0) is 9.53 Å². The molecule has 0 saturated carbocycles. The standard InChI is InChI=1S/C17H19N3O4/c21-11-15(17(23)20-7-9-24-10-8-20)19-16(22)13-5-6-18-14-4-2-1-3-12(13)14/h1-6,15,21H,7-11H2,(H,19,22)/t15-/m0/s1. The number of benzene rings is 1. The lowest BCUT2D eigenvalue weighted by Gasteiger charge is -2.30. The normalized spacial score (nSPS) is 16.0. The maximum atomic E-state index is 12.6. The maximum Gasteiger partial charge on any atom is 0.252 e. The molecular formula is C17H19N3O4. The number of rotatable bonds is 4. The molecule has 1 aromatic heterocycles. The van der Waals surface area contributed by atoms with E-state index in [1.165, 1.54) is 0 Å². The Morgan fingerprint density at radius 1 is 1.25 bits per heavy atom. The summed E-state index contributed by atoms with van der Waals surface area (Å²) in [6.45, 7) is 1.40. The van der Waals surface area contributed by atoms with E-state index < -0.39 is 18.6 Å². The number of para-hydroxylation sites is 1. The third-order valence-corrected chi connectivity index (χ3v) is 4.00. The topological polar surface area (TPSA) is 91.8 Å². The Labute approximate surface area is 139 Å². The van der Waals surface area contributed by atoms with Crippen LogP contribution in [0.15, 0.2) is 36.5 Å². The lowest BCUT2D eigenvalue weighted by atomic mass is 10.1. The summed E-state index contributed by atoms with van der Waals surface area (Å²) in [5, 5.41) is 12.9. The molecule has 1 aromatic carbocycles. The van der Waals surface area contributed by atoms with Crippen LogP contribution in [0.1, 0.15) is 10.4 Å². The lowest BCUT2D eigenvalue weighted by Crippen LogP contribution is -2.53. The number of carbonyl (C=O) groups is 2. The van der Waals surface area contributed by atoms with Crippen LogP contribution in [0.2, 0.25) is 0 Å². The fourth-order valence-electron chi connectivity index (χ4n) is 2.72. The smallest absolute Gasteiger partial charge is 0.252 e. The molecule has 0 bridgehead atoms. The molecule has 2 amide bonds. The zero-order valence-corrected chi connectivity index (χ0v) is 13.1. The number of nitrogens with zero attached hydrogens (tertiary/aromatic N) is 2. The Kier molecular flexibility index (Phi) is 5.02. The van der Waals surface area contributed by atoms with E-state index in [9.17, 15) is 14.7 Å². The average molecular weight is 329 g/mol. The van der Waals surface area contributed by atoms with Gasteiger partial charge in [0.05, 0.1) is 30.9 Å². The van der Waals surface area contributed by atoms with Gasteiger partial charge in [0.15, 0.2) is 0 Å². The first-order chi connectivity index (χ1) is 11.7. The third-order valence-electron chi connectivity index (χ3n) is 4.00. The van der Waals surface area contributed by atoms with E-state index in [4.69, 9.17) is 4.74 Å². The second-order valence-electron chi connectivity index (χ2n) is 5.52. The molecule has 126 valence electrons. The number of ether oxygens (including phenoxy) is 1. The second-order valence-corrected chi connectivity index (χ2v) is 5.52. The Morgan fingerprint density at radius 3 is 2.75 bits per heavy atom. The first-order valence-electron chi connectivity index (χ1n) is 7.82. The van der Waals surface area contributed by atoms with Crippen LogP contribution in [-0.4, -0.2) is 65.8 Å². The number of hydrogen-bond donors (Lipinski definition) is 2. The molecule has 0 spiro atoms. The zero-order chi connectivity index (χ0) is 16.9. The van der Waals surface area contributed by atoms with Crippen LogP contribution >= 0.6 is 0 Å². The Hall–Kier alpha value is -2.51. The van der Waals surface area contributed by atoms with Crippen molar-refractivity contribution in [1.29, 1.82) is 0 Å². The van der Waals surface area contributed by atoms with Crippen LogP contribution < -0.4 is 5.32 Å². The minimum Gasteiger partial charge on any atom is -0.394 e. The Bertz CT molecular complexity index is 738. The number of nitrogens with one attached hydrogen (secondary N) is 1. The molecule has 1 saturated heterocycles. The van der Waals surface area contributed by atoms with Gasteiger partial charge in [-0.1, -0.05) is 18.2 Å². The van der Waals surface area contributed by atoms with E-state index in [1.807, 2.05) is 18.2 Å². The fourth-order valence-corrected chi connectivity index (χ4v) is 2.72. The predicted octanol–water partition coefficient (Wildman–Crippen LogP) is 0.184. The van der Waals surface area contributed by atoms with Gasteiger partial charge in [-0.2, -0.15) is 0 Å². The van der Waals surface area contributed by atoms with Gasteiger partial charge in [-0.25, -0.2) is 0 Å². The van der Waals surface area contributed by atoms with Gasteiger partial charge in [-0.05, 0) is 12.1 Å². The van der Waals surface area contributed by atoms with Crippen LogP contribution in [0, 0.1) is 0 Å². The van der Waals surface area contributed by atoms with Crippen LogP contribution in [0.5, 0.6) is 0 Å². The summed E-state index contributed by atoms with van der Waals surface area (Å²) in [6.07, 6.45) is 1.55. The fraction of sp³-hybridized carbons (Fsp3) is 0.353. The highest BCUT2D eigenvalue weighted by molar-refractivity contribution is 6.07. The highest BCUT2D eigenvalue weighted by Crippen LogP contribution is 2.16. The molecule has 1 fully saturated rings. The summed E-state index contributed by atoms with van der Waals surface area (Å²) in [5.41, 5.74) is 1.12. The van der Waals surface area contributed by atoms with Gasteiger partial charge in [0.1, 0.15) is 6.04 Å². The van der Waals surface area contributed by atoms with E-state index >= 15 is 0 Å². The third kappa shape index (κ3) is 3.37. The predicted molar refractivity (Wildman–Crippen MR) is 87.5 cm³/mol. The first-order valence-corrected chi connectivity index (χ1v) is 7.82. The van der Waals surface area contributed by atoms with Crippen molar-refractivity contribution in [2.24, 2.45) is 0 Å². The molecule has 7 heteroatoms. The average Bonchev–Trinajstić information content (AvgIpc) is 2.65. The number of hydrogen-bond acceptors (Lipinski definition) is 5. The number of fused-ring (bicyclic) bond motifs is 1. The van der Waals surface area contributed by atoms with Gasteiger partial charge in [0.25, 0.3) is 5.91 Å². The van der Waals surface area contributed by atoms with E-state index in [1.54, 1.807) is 23.2 Å². The van der Waals surface area contributed by atoms with E-state index in [0.29, 0.717) is 42.8 Å². The van der Waals surface area contributed by atoms with Gasteiger partial charge in [0.2, 0.25) is 5.91 Å². The molecule has 7 nitrogen and oxygen atoms in total. The van der Waals surface area contributed by atoms with Crippen molar-refractivity contribution in [1.82, 2.24) is 15.2 Å². The van der Waals surface area contributed by atoms with E-state index in [-0.39, 0.29) is 5.91 Å². The largest absolute Gasteiger partial charge is 0.394 e. The lowest BCUT2D eigenvalue weighted by molar-refractivity contribution is -0.138. The molecule has 2 aromatic rings. The zero-order valence-electron chi connectivity index (χ0n) is 13.1. The second kappa shape index (κ2) is 7.37. The van der Waals surface area contributed by atoms with Crippen LogP contribution in [0.25, 0.3) is 10.9 Å². The van der Waals surface area contributed by atoms with Crippen LogP contribution in [0.3, 0.4) is 0 Å². The number of morpholine rings is 1. The molecule has 2 heterocycles. The van der Waals surface area contributed by atoms with Crippen molar-refractivity contribution in [3.8, 4) is 0 Å². The van der Waals surface area contributed by atoms with Crippen molar-refractivity contribution in [2.75, 3.05) is 32.9 Å². The number of aromatic nitrogens is 1. The number of aliphatic hydroxyl groups is 1. The summed E-state index contributed by atoms with van der Waals surface area (Å²) in [4.78, 5) is 30.8. The summed E-state index contributed by atoms with van der Waals surface area (Å²) in [5.74, 6) is -0.707.